The highest BCUT2D eigenvalue weighted by Gasteiger charge is 2.24. The molecule has 1 N–H and O–H groups in total. The summed E-state index contributed by atoms with van der Waals surface area (Å²) < 4.78 is 0. The normalized spacial score (nSPS) is 16.5. The molecule has 1 atom stereocenters. The first-order chi connectivity index (χ1) is 9.74. The molecule has 0 spiro atoms. The van der Waals surface area contributed by atoms with E-state index in [1.807, 2.05) is 11.3 Å². The Labute approximate surface area is 149 Å². The Bertz CT molecular complexity index is 546. The number of halogens is 2. The summed E-state index contributed by atoms with van der Waals surface area (Å²) in [4.78, 5) is 4.06. The lowest BCUT2D eigenvalue weighted by atomic mass is 9.98. The van der Waals surface area contributed by atoms with Crippen molar-refractivity contribution in [3.05, 3.63) is 57.3 Å². The molecular formula is C17H24Cl2N2S. The molecule has 0 bridgehead atoms. The van der Waals surface area contributed by atoms with Crippen LogP contribution < -0.4 is 5.32 Å². The zero-order valence-corrected chi connectivity index (χ0v) is 15.5. The van der Waals surface area contributed by atoms with Crippen LogP contribution in [0.4, 0.5) is 0 Å². The van der Waals surface area contributed by atoms with E-state index in [-0.39, 0.29) is 24.8 Å². The molecular weight excluding hydrogens is 335 g/mol. The number of aryl methyl sites for hydroxylation is 2. The minimum atomic E-state index is 0. The fourth-order valence-corrected chi connectivity index (χ4v) is 4.00. The molecule has 5 heteroatoms. The highest BCUT2D eigenvalue weighted by molar-refractivity contribution is 7.10. The van der Waals surface area contributed by atoms with Gasteiger partial charge in [-0.3, -0.25) is 4.90 Å². The Morgan fingerprint density at radius 1 is 1.05 bits per heavy atom. The van der Waals surface area contributed by atoms with Gasteiger partial charge in [0.25, 0.3) is 0 Å². The summed E-state index contributed by atoms with van der Waals surface area (Å²) in [5.74, 6) is 0. The predicted molar refractivity (Wildman–Crippen MR) is 101 cm³/mol. The summed E-state index contributed by atoms with van der Waals surface area (Å²) in [5, 5.41) is 5.64. The van der Waals surface area contributed by atoms with Crippen LogP contribution in [-0.4, -0.2) is 31.1 Å². The predicted octanol–water partition coefficient (Wildman–Crippen LogP) is 4.20. The molecule has 1 fully saturated rings. The van der Waals surface area contributed by atoms with E-state index in [2.05, 4.69) is 59.8 Å². The molecule has 1 aliphatic rings. The van der Waals surface area contributed by atoms with E-state index in [0.29, 0.717) is 6.04 Å². The standard InChI is InChI=1S/C17H22N2S.2ClH/c1-13-10-14(2)12-15(11-13)17(16-4-3-9-20-16)19-7-5-18-6-8-19;;/h3-4,9-12,17-18H,5-8H2,1-2H3;2*1H/t17-;;/m0../s1. The van der Waals surface area contributed by atoms with Crippen LogP contribution in [0.2, 0.25) is 0 Å². The number of hydrogen-bond donors (Lipinski definition) is 1. The van der Waals surface area contributed by atoms with Gasteiger partial charge in [0.2, 0.25) is 0 Å². The number of piperazine rings is 1. The molecule has 0 saturated carbocycles. The largest absolute Gasteiger partial charge is 0.314 e. The van der Waals surface area contributed by atoms with Crippen molar-refractivity contribution >= 4 is 36.2 Å². The minimum Gasteiger partial charge on any atom is -0.314 e. The Hall–Kier alpha value is -0.580. The van der Waals surface area contributed by atoms with Crippen molar-refractivity contribution in [2.24, 2.45) is 0 Å². The number of benzene rings is 1. The van der Waals surface area contributed by atoms with Gasteiger partial charge < -0.3 is 5.32 Å². The molecule has 1 aromatic heterocycles. The van der Waals surface area contributed by atoms with E-state index in [9.17, 15) is 0 Å². The van der Waals surface area contributed by atoms with E-state index in [1.165, 1.54) is 21.6 Å². The molecule has 2 aromatic rings. The lowest BCUT2D eigenvalue weighted by Gasteiger charge is -2.35. The lowest BCUT2D eigenvalue weighted by Crippen LogP contribution is -2.45. The Balaban J connectivity index is 0.00000121. The highest BCUT2D eigenvalue weighted by atomic mass is 35.5. The van der Waals surface area contributed by atoms with E-state index < -0.39 is 0 Å². The number of nitrogens with zero attached hydrogens (tertiary/aromatic N) is 1. The molecule has 3 rings (SSSR count). The van der Waals surface area contributed by atoms with Crippen LogP contribution >= 0.6 is 36.2 Å². The highest BCUT2D eigenvalue weighted by Crippen LogP contribution is 2.32. The van der Waals surface area contributed by atoms with E-state index in [4.69, 9.17) is 0 Å². The third kappa shape index (κ3) is 4.46. The molecule has 1 saturated heterocycles. The second-order valence-electron chi connectivity index (χ2n) is 5.62. The van der Waals surface area contributed by atoms with Gasteiger partial charge in [0.15, 0.2) is 0 Å². The van der Waals surface area contributed by atoms with Gasteiger partial charge in [-0.05, 0) is 30.9 Å². The van der Waals surface area contributed by atoms with Gasteiger partial charge in [0, 0.05) is 31.1 Å². The van der Waals surface area contributed by atoms with Crippen LogP contribution in [0.5, 0.6) is 0 Å². The molecule has 2 nitrogen and oxygen atoms in total. The molecule has 22 heavy (non-hydrogen) atoms. The van der Waals surface area contributed by atoms with E-state index in [0.717, 1.165) is 26.2 Å². The summed E-state index contributed by atoms with van der Waals surface area (Å²) in [6, 6.07) is 11.8. The first kappa shape index (κ1) is 19.5. The Morgan fingerprint density at radius 2 is 1.68 bits per heavy atom. The topological polar surface area (TPSA) is 15.3 Å². The zero-order chi connectivity index (χ0) is 13.9. The van der Waals surface area contributed by atoms with Crippen molar-refractivity contribution in [3.63, 3.8) is 0 Å². The maximum Gasteiger partial charge on any atom is 0.0697 e. The quantitative estimate of drug-likeness (QED) is 0.884. The van der Waals surface area contributed by atoms with Gasteiger partial charge in [0.05, 0.1) is 6.04 Å². The summed E-state index contributed by atoms with van der Waals surface area (Å²) in [6.07, 6.45) is 0. The lowest BCUT2D eigenvalue weighted by molar-refractivity contribution is 0.200. The van der Waals surface area contributed by atoms with Crippen LogP contribution in [0, 0.1) is 13.8 Å². The van der Waals surface area contributed by atoms with Crippen molar-refractivity contribution in [1.82, 2.24) is 10.2 Å². The first-order valence-electron chi connectivity index (χ1n) is 7.30. The third-order valence-electron chi connectivity index (χ3n) is 3.89. The fourth-order valence-electron chi connectivity index (χ4n) is 3.11. The van der Waals surface area contributed by atoms with E-state index in [1.54, 1.807) is 0 Å². The average molecular weight is 359 g/mol. The maximum atomic E-state index is 3.45. The number of rotatable bonds is 3. The zero-order valence-electron chi connectivity index (χ0n) is 13.0. The molecule has 2 heterocycles. The van der Waals surface area contributed by atoms with Gasteiger partial charge >= 0.3 is 0 Å². The summed E-state index contributed by atoms with van der Waals surface area (Å²) >= 11 is 1.87. The second kappa shape index (κ2) is 8.90. The number of thiophene rings is 1. The number of nitrogens with one attached hydrogen (secondary N) is 1. The minimum absolute atomic E-state index is 0. The molecule has 122 valence electrons. The monoisotopic (exact) mass is 358 g/mol. The van der Waals surface area contributed by atoms with Crippen molar-refractivity contribution < 1.29 is 0 Å². The third-order valence-corrected chi connectivity index (χ3v) is 4.81. The SMILES string of the molecule is Cc1cc(C)cc([C@@H](c2cccs2)N2CCNCC2)c1.Cl.Cl. The van der Waals surface area contributed by atoms with Crippen molar-refractivity contribution in [2.75, 3.05) is 26.2 Å². The molecule has 0 amide bonds. The second-order valence-corrected chi connectivity index (χ2v) is 6.60. The van der Waals surface area contributed by atoms with Gasteiger partial charge in [-0.15, -0.1) is 36.2 Å². The fraction of sp³-hybridized carbons (Fsp3) is 0.412. The van der Waals surface area contributed by atoms with Crippen LogP contribution in [0.25, 0.3) is 0 Å². The smallest absolute Gasteiger partial charge is 0.0697 e. The first-order valence-corrected chi connectivity index (χ1v) is 8.18. The Morgan fingerprint density at radius 3 is 2.23 bits per heavy atom. The number of hydrogen-bond acceptors (Lipinski definition) is 3. The van der Waals surface area contributed by atoms with Crippen molar-refractivity contribution in [1.29, 1.82) is 0 Å². The molecule has 0 radical (unpaired) electrons. The van der Waals surface area contributed by atoms with Gasteiger partial charge in [-0.25, -0.2) is 0 Å². The van der Waals surface area contributed by atoms with Crippen LogP contribution in [0.1, 0.15) is 27.6 Å². The van der Waals surface area contributed by atoms with Gasteiger partial charge in [-0.1, -0.05) is 35.4 Å². The van der Waals surface area contributed by atoms with Crippen LogP contribution in [0.15, 0.2) is 35.7 Å². The van der Waals surface area contributed by atoms with Gasteiger partial charge in [0.1, 0.15) is 0 Å². The van der Waals surface area contributed by atoms with Gasteiger partial charge in [-0.2, -0.15) is 0 Å². The maximum absolute atomic E-state index is 3.45. The summed E-state index contributed by atoms with van der Waals surface area (Å²) in [5.41, 5.74) is 4.15. The van der Waals surface area contributed by atoms with Crippen LogP contribution in [-0.2, 0) is 0 Å². The van der Waals surface area contributed by atoms with Crippen molar-refractivity contribution in [2.45, 2.75) is 19.9 Å². The molecule has 0 aliphatic carbocycles. The average Bonchev–Trinajstić information content (AvgIpc) is 2.93. The molecule has 0 unspecified atom stereocenters. The Kier molecular flexibility index (Phi) is 7.87. The van der Waals surface area contributed by atoms with Crippen LogP contribution in [0.3, 0.4) is 0 Å². The van der Waals surface area contributed by atoms with E-state index >= 15 is 0 Å². The molecule has 1 aromatic carbocycles. The van der Waals surface area contributed by atoms with Crippen molar-refractivity contribution in [3.8, 4) is 0 Å². The molecule has 1 aliphatic heterocycles. The summed E-state index contributed by atoms with van der Waals surface area (Å²) in [7, 11) is 0. The summed E-state index contributed by atoms with van der Waals surface area (Å²) in [6.45, 7) is 8.81.